The molecule has 1 heterocycles. The number of aryl methyl sites for hydroxylation is 2. The highest BCUT2D eigenvalue weighted by atomic mass is 16.5. The van der Waals surface area contributed by atoms with E-state index < -0.39 is 0 Å². The molecule has 1 aliphatic heterocycles. The van der Waals surface area contributed by atoms with Crippen LogP contribution in [0.4, 0.5) is 5.69 Å². The van der Waals surface area contributed by atoms with Gasteiger partial charge in [-0.25, -0.2) is 0 Å². The predicted octanol–water partition coefficient (Wildman–Crippen LogP) is 1.61. The Kier molecular flexibility index (Phi) is 4.20. The minimum Gasteiger partial charge on any atom is -0.383 e. The minimum absolute atomic E-state index is 0.267. The molecule has 2 amide bonds. The molecule has 0 atom stereocenters. The van der Waals surface area contributed by atoms with Crippen molar-refractivity contribution in [2.75, 3.05) is 25.6 Å². The minimum atomic E-state index is -0.313. The van der Waals surface area contributed by atoms with Crippen LogP contribution in [0.2, 0.25) is 0 Å². The number of imide groups is 1. The number of rotatable bonds is 5. The molecule has 1 aromatic rings. The van der Waals surface area contributed by atoms with E-state index in [-0.39, 0.29) is 18.4 Å². The Labute approximate surface area is 118 Å². The molecule has 0 saturated heterocycles. The number of anilines is 1. The monoisotopic (exact) mass is 274 g/mol. The van der Waals surface area contributed by atoms with Gasteiger partial charge >= 0.3 is 0 Å². The van der Waals surface area contributed by atoms with E-state index in [0.29, 0.717) is 12.3 Å². The number of ether oxygens (including phenoxy) is 1. The molecule has 0 unspecified atom stereocenters. The molecular formula is C15H18N2O3. The molecule has 106 valence electrons. The number of amides is 2. The van der Waals surface area contributed by atoms with Crippen LogP contribution in [0.25, 0.3) is 0 Å². The Morgan fingerprint density at radius 2 is 2.00 bits per heavy atom. The lowest BCUT2D eigenvalue weighted by atomic mass is 10.1. The quantitative estimate of drug-likeness (QED) is 0.829. The SMILES string of the molecule is COCCN1C(=O)C=C(Nc2ccc(C)cc2C)C1=O. The van der Waals surface area contributed by atoms with Crippen LogP contribution in [0.3, 0.4) is 0 Å². The topological polar surface area (TPSA) is 58.6 Å². The van der Waals surface area contributed by atoms with E-state index in [4.69, 9.17) is 4.74 Å². The van der Waals surface area contributed by atoms with Gasteiger partial charge in [-0.1, -0.05) is 17.7 Å². The fraction of sp³-hybridized carbons (Fsp3) is 0.333. The van der Waals surface area contributed by atoms with Crippen molar-refractivity contribution in [2.45, 2.75) is 13.8 Å². The van der Waals surface area contributed by atoms with Crippen molar-refractivity contribution in [3.8, 4) is 0 Å². The molecule has 5 heteroatoms. The molecule has 2 rings (SSSR count). The number of nitrogens with zero attached hydrogens (tertiary/aromatic N) is 1. The summed E-state index contributed by atoms with van der Waals surface area (Å²) in [5.41, 5.74) is 3.31. The van der Waals surface area contributed by atoms with E-state index in [1.165, 1.54) is 18.1 Å². The maximum atomic E-state index is 12.1. The highest BCUT2D eigenvalue weighted by Gasteiger charge is 2.30. The highest BCUT2D eigenvalue weighted by molar-refractivity contribution is 6.17. The zero-order valence-electron chi connectivity index (χ0n) is 11.9. The Hall–Kier alpha value is -2.14. The predicted molar refractivity (Wildman–Crippen MR) is 76.2 cm³/mol. The van der Waals surface area contributed by atoms with Gasteiger partial charge in [0.25, 0.3) is 11.8 Å². The Morgan fingerprint density at radius 1 is 1.25 bits per heavy atom. The summed E-state index contributed by atoms with van der Waals surface area (Å²) in [4.78, 5) is 25.1. The molecule has 5 nitrogen and oxygen atoms in total. The molecule has 0 bridgehead atoms. The zero-order valence-corrected chi connectivity index (χ0v) is 11.9. The van der Waals surface area contributed by atoms with Gasteiger partial charge in [-0.2, -0.15) is 0 Å². The third-order valence-electron chi connectivity index (χ3n) is 3.18. The Bertz CT molecular complexity index is 578. The van der Waals surface area contributed by atoms with Crippen LogP contribution in [-0.2, 0) is 14.3 Å². The molecular weight excluding hydrogens is 256 g/mol. The lowest BCUT2D eigenvalue weighted by molar-refractivity contribution is -0.137. The van der Waals surface area contributed by atoms with E-state index >= 15 is 0 Å². The average Bonchev–Trinajstić information content (AvgIpc) is 2.66. The van der Waals surface area contributed by atoms with Crippen molar-refractivity contribution in [3.63, 3.8) is 0 Å². The summed E-state index contributed by atoms with van der Waals surface area (Å²) < 4.78 is 4.90. The van der Waals surface area contributed by atoms with E-state index in [1.54, 1.807) is 0 Å². The maximum absolute atomic E-state index is 12.1. The molecule has 0 fully saturated rings. The number of hydrogen-bond donors (Lipinski definition) is 1. The molecule has 0 radical (unpaired) electrons. The molecule has 1 aliphatic rings. The summed E-state index contributed by atoms with van der Waals surface area (Å²) in [5, 5.41) is 3.03. The number of methoxy groups -OCH3 is 1. The fourth-order valence-corrected chi connectivity index (χ4v) is 2.09. The van der Waals surface area contributed by atoms with Crippen LogP contribution in [-0.4, -0.2) is 37.0 Å². The van der Waals surface area contributed by atoms with Crippen molar-refractivity contribution < 1.29 is 14.3 Å². The lowest BCUT2D eigenvalue weighted by Crippen LogP contribution is -2.34. The van der Waals surface area contributed by atoms with Crippen LogP contribution >= 0.6 is 0 Å². The summed E-state index contributed by atoms with van der Waals surface area (Å²) >= 11 is 0. The third kappa shape index (κ3) is 2.88. The van der Waals surface area contributed by atoms with E-state index in [9.17, 15) is 9.59 Å². The standard InChI is InChI=1S/C15H18N2O3/c1-10-4-5-12(11(2)8-10)16-13-9-14(18)17(15(13)19)6-7-20-3/h4-5,8-9,16H,6-7H2,1-3H3. The van der Waals surface area contributed by atoms with Crippen LogP contribution in [0, 0.1) is 13.8 Å². The van der Waals surface area contributed by atoms with Crippen molar-refractivity contribution in [2.24, 2.45) is 0 Å². The second-order valence-electron chi connectivity index (χ2n) is 4.79. The van der Waals surface area contributed by atoms with Crippen molar-refractivity contribution in [3.05, 3.63) is 41.1 Å². The van der Waals surface area contributed by atoms with Crippen LogP contribution in [0.5, 0.6) is 0 Å². The molecule has 1 N–H and O–H groups in total. The smallest absolute Gasteiger partial charge is 0.277 e. The van der Waals surface area contributed by atoms with Gasteiger partial charge < -0.3 is 10.1 Å². The molecule has 0 spiro atoms. The molecule has 0 aromatic heterocycles. The first kappa shape index (κ1) is 14.3. The zero-order chi connectivity index (χ0) is 14.7. The normalized spacial score (nSPS) is 14.8. The number of carbonyl (C=O) groups excluding carboxylic acids is 2. The van der Waals surface area contributed by atoms with Gasteiger partial charge in [0, 0.05) is 18.9 Å². The molecule has 20 heavy (non-hydrogen) atoms. The largest absolute Gasteiger partial charge is 0.383 e. The first-order valence-electron chi connectivity index (χ1n) is 6.43. The van der Waals surface area contributed by atoms with Crippen LogP contribution in [0.15, 0.2) is 30.0 Å². The van der Waals surface area contributed by atoms with Gasteiger partial charge in [-0.05, 0) is 25.5 Å². The summed E-state index contributed by atoms with van der Waals surface area (Å²) in [6.07, 6.45) is 1.33. The van der Waals surface area contributed by atoms with E-state index in [2.05, 4.69) is 5.32 Å². The van der Waals surface area contributed by atoms with Crippen molar-refractivity contribution in [1.82, 2.24) is 4.90 Å². The Balaban J connectivity index is 2.12. The first-order chi connectivity index (χ1) is 9.52. The fourth-order valence-electron chi connectivity index (χ4n) is 2.09. The van der Waals surface area contributed by atoms with Crippen molar-refractivity contribution in [1.29, 1.82) is 0 Å². The maximum Gasteiger partial charge on any atom is 0.277 e. The van der Waals surface area contributed by atoms with Gasteiger partial charge in [0.2, 0.25) is 0 Å². The Morgan fingerprint density at radius 3 is 2.65 bits per heavy atom. The van der Waals surface area contributed by atoms with Crippen LogP contribution in [0.1, 0.15) is 11.1 Å². The number of benzene rings is 1. The summed E-state index contributed by atoms with van der Waals surface area (Å²) in [7, 11) is 1.53. The highest BCUT2D eigenvalue weighted by Crippen LogP contribution is 2.21. The summed E-state index contributed by atoms with van der Waals surface area (Å²) in [5.74, 6) is -0.619. The number of nitrogens with one attached hydrogen (secondary N) is 1. The number of carbonyl (C=O) groups is 2. The lowest BCUT2D eigenvalue weighted by Gasteiger charge is -2.15. The van der Waals surface area contributed by atoms with Gasteiger partial charge in [-0.3, -0.25) is 14.5 Å². The second-order valence-corrected chi connectivity index (χ2v) is 4.79. The summed E-state index contributed by atoms with van der Waals surface area (Å²) in [6.45, 7) is 4.57. The van der Waals surface area contributed by atoms with Crippen LogP contribution < -0.4 is 5.32 Å². The van der Waals surface area contributed by atoms with E-state index in [0.717, 1.165) is 16.8 Å². The summed E-state index contributed by atoms with van der Waals surface area (Å²) in [6, 6.07) is 5.88. The van der Waals surface area contributed by atoms with Gasteiger partial charge in [0.15, 0.2) is 0 Å². The van der Waals surface area contributed by atoms with Gasteiger partial charge in [0.1, 0.15) is 5.70 Å². The van der Waals surface area contributed by atoms with E-state index in [1.807, 2.05) is 32.0 Å². The average molecular weight is 274 g/mol. The van der Waals surface area contributed by atoms with Gasteiger partial charge in [0.05, 0.1) is 13.2 Å². The third-order valence-corrected chi connectivity index (χ3v) is 3.18. The van der Waals surface area contributed by atoms with Gasteiger partial charge in [-0.15, -0.1) is 0 Å². The number of hydrogen-bond acceptors (Lipinski definition) is 4. The molecule has 1 aromatic carbocycles. The molecule has 0 saturated carbocycles. The second kappa shape index (κ2) is 5.88. The first-order valence-corrected chi connectivity index (χ1v) is 6.43. The van der Waals surface area contributed by atoms with Crippen molar-refractivity contribution >= 4 is 17.5 Å². The molecule has 0 aliphatic carbocycles.